The van der Waals surface area contributed by atoms with E-state index in [1.807, 2.05) is 47.0 Å². The van der Waals surface area contributed by atoms with Crippen LogP contribution >= 0.6 is 47.0 Å². The molecule has 7 aliphatic heterocycles. The number of thioether (sulfide) groups is 4. The average molecular weight is 849 g/mol. The molecular formula is C56H48S4. The zero-order chi connectivity index (χ0) is 40.4. The Labute approximate surface area is 373 Å². The summed E-state index contributed by atoms with van der Waals surface area (Å²) in [7, 11) is 0. The van der Waals surface area contributed by atoms with Crippen LogP contribution in [0.2, 0.25) is 0 Å². The van der Waals surface area contributed by atoms with Gasteiger partial charge in [0.1, 0.15) is 0 Å². The summed E-state index contributed by atoms with van der Waals surface area (Å²) in [5.74, 6) is 8.07. The van der Waals surface area contributed by atoms with Crippen molar-refractivity contribution < 1.29 is 0 Å². The average Bonchev–Trinajstić information content (AvgIpc) is 3.30. The van der Waals surface area contributed by atoms with Gasteiger partial charge in [-0.25, -0.2) is 0 Å². The molecule has 0 unspecified atom stereocenters. The fraction of sp³-hybridized carbons (Fsp3) is 0.143. The first-order valence-corrected chi connectivity index (χ1v) is 25.3. The van der Waals surface area contributed by atoms with E-state index in [-0.39, 0.29) is 0 Å². The Morgan fingerprint density at radius 3 is 0.650 bits per heavy atom. The summed E-state index contributed by atoms with van der Waals surface area (Å²) in [6.07, 6.45) is 0. The van der Waals surface area contributed by atoms with Crippen LogP contribution in [0.5, 0.6) is 0 Å². The van der Waals surface area contributed by atoms with Gasteiger partial charge in [0, 0.05) is 46.0 Å². The number of benzene rings is 8. The van der Waals surface area contributed by atoms with Crippen LogP contribution in [0.1, 0.15) is 44.5 Å². The Balaban J connectivity index is 0.898. The van der Waals surface area contributed by atoms with Gasteiger partial charge in [-0.15, -0.1) is 0 Å². The zero-order valence-electron chi connectivity index (χ0n) is 33.8. The van der Waals surface area contributed by atoms with Crippen molar-refractivity contribution in [1.82, 2.24) is 0 Å². The van der Waals surface area contributed by atoms with Crippen LogP contribution in [-0.4, -0.2) is 0 Å². The summed E-state index contributed by atoms with van der Waals surface area (Å²) in [6, 6.07) is 72.8. The Morgan fingerprint density at radius 2 is 0.400 bits per heavy atom. The van der Waals surface area contributed by atoms with Crippen molar-refractivity contribution in [3.05, 3.63) is 239 Å². The Morgan fingerprint density at radius 1 is 0.183 bits per heavy atom. The standard InChI is InChI=1S/C56H48S4/c1-5-45-29-46(6-1)38-58-34-42-15-23-50(24-16-42)54-10-4-12-56(32-54)52-27-19-44(20-28-52)36-60-40-48-8-2-7-47(30-48)39-59-35-43-17-25-51(26-18-43)55-11-3-9-53(31-55)49-21-13-41(14-22-49)33-57-37-45/h1-32H,33-40H2. The first kappa shape index (κ1) is 40.6. The number of hydrogen-bond donors (Lipinski definition) is 0. The lowest BCUT2D eigenvalue weighted by atomic mass is 9.98. The molecule has 15 rings (SSSR count). The van der Waals surface area contributed by atoms with Gasteiger partial charge >= 0.3 is 0 Å². The third-order valence-corrected chi connectivity index (χ3v) is 15.3. The summed E-state index contributed by atoms with van der Waals surface area (Å²) < 4.78 is 0. The maximum Gasteiger partial charge on any atom is 0.0188 e. The highest BCUT2D eigenvalue weighted by Crippen LogP contribution is 2.31. The Bertz CT molecular complexity index is 2270. The van der Waals surface area contributed by atoms with Gasteiger partial charge in [-0.05, 0) is 101 Å². The summed E-state index contributed by atoms with van der Waals surface area (Å²) in [5, 5.41) is 0. The van der Waals surface area contributed by atoms with E-state index in [0.717, 1.165) is 46.0 Å². The van der Waals surface area contributed by atoms with Gasteiger partial charge in [-0.2, -0.15) is 47.0 Å². The molecule has 0 aliphatic carbocycles. The molecule has 0 N–H and O–H groups in total. The van der Waals surface area contributed by atoms with Crippen molar-refractivity contribution in [3.8, 4) is 44.5 Å². The molecule has 60 heavy (non-hydrogen) atoms. The minimum Gasteiger partial charge on any atom is -0.152 e. The lowest BCUT2D eigenvalue weighted by Crippen LogP contribution is -1.89. The lowest BCUT2D eigenvalue weighted by Gasteiger charge is -2.10. The molecule has 0 atom stereocenters. The third-order valence-electron chi connectivity index (χ3n) is 11.0. The summed E-state index contributed by atoms with van der Waals surface area (Å²) in [6.45, 7) is 0. The minimum atomic E-state index is 1.00. The van der Waals surface area contributed by atoms with Gasteiger partial charge in [0.05, 0.1) is 0 Å². The Hall–Kier alpha value is -4.84. The topological polar surface area (TPSA) is 0 Å². The lowest BCUT2D eigenvalue weighted by molar-refractivity contribution is 1.31. The van der Waals surface area contributed by atoms with Crippen LogP contribution in [0.15, 0.2) is 194 Å². The minimum absolute atomic E-state index is 1.00. The van der Waals surface area contributed by atoms with Crippen LogP contribution in [0, 0.1) is 0 Å². The molecule has 8 aromatic rings. The molecule has 0 saturated heterocycles. The number of rotatable bonds is 0. The van der Waals surface area contributed by atoms with E-state index in [0.29, 0.717) is 0 Å². The predicted octanol–water partition coefficient (Wildman–Crippen LogP) is 16.4. The summed E-state index contributed by atoms with van der Waals surface area (Å²) >= 11 is 7.96. The monoisotopic (exact) mass is 848 g/mol. The van der Waals surface area contributed by atoms with Crippen LogP contribution < -0.4 is 0 Å². The number of hydrogen-bond acceptors (Lipinski definition) is 4. The zero-order valence-corrected chi connectivity index (χ0v) is 37.0. The summed E-state index contributed by atoms with van der Waals surface area (Å²) in [5.41, 5.74) is 21.1. The maximum atomic E-state index is 2.39. The van der Waals surface area contributed by atoms with Crippen molar-refractivity contribution in [2.24, 2.45) is 0 Å². The molecule has 8 aromatic carbocycles. The van der Waals surface area contributed by atoms with Crippen molar-refractivity contribution in [2.45, 2.75) is 46.0 Å². The first-order chi connectivity index (χ1) is 29.7. The van der Waals surface area contributed by atoms with E-state index >= 15 is 0 Å². The molecule has 0 spiro atoms. The second kappa shape index (κ2) is 20.1. The molecule has 0 nitrogen and oxygen atoms in total. The van der Waals surface area contributed by atoms with Gasteiger partial charge in [0.25, 0.3) is 0 Å². The highest BCUT2D eigenvalue weighted by Gasteiger charge is 2.08. The van der Waals surface area contributed by atoms with Crippen molar-refractivity contribution in [3.63, 3.8) is 0 Å². The van der Waals surface area contributed by atoms with Crippen LogP contribution in [-0.2, 0) is 46.0 Å². The molecule has 296 valence electrons. The van der Waals surface area contributed by atoms with Crippen LogP contribution in [0.3, 0.4) is 0 Å². The Kier molecular flexibility index (Phi) is 13.6. The van der Waals surface area contributed by atoms with E-state index < -0.39 is 0 Å². The third kappa shape index (κ3) is 10.9. The molecule has 7 heterocycles. The fourth-order valence-electron chi connectivity index (χ4n) is 7.70. The van der Waals surface area contributed by atoms with Gasteiger partial charge < -0.3 is 0 Å². The molecule has 4 heteroatoms. The highest BCUT2D eigenvalue weighted by atomic mass is 32.2. The highest BCUT2D eigenvalue weighted by molar-refractivity contribution is 7.98. The van der Waals surface area contributed by atoms with Gasteiger partial charge in [-0.3, -0.25) is 0 Å². The maximum absolute atomic E-state index is 2.39. The molecule has 0 aromatic heterocycles. The molecule has 0 amide bonds. The van der Waals surface area contributed by atoms with E-state index in [1.54, 1.807) is 0 Å². The van der Waals surface area contributed by atoms with Gasteiger partial charge in [0.2, 0.25) is 0 Å². The molecule has 7 aliphatic rings. The molecule has 0 fully saturated rings. The predicted molar refractivity (Wildman–Crippen MR) is 268 cm³/mol. The normalized spacial score (nSPS) is 13.9. The van der Waals surface area contributed by atoms with Crippen molar-refractivity contribution in [1.29, 1.82) is 0 Å². The molecule has 0 radical (unpaired) electrons. The second-order valence-corrected chi connectivity index (χ2v) is 19.5. The largest absolute Gasteiger partial charge is 0.152 e. The van der Waals surface area contributed by atoms with E-state index in [1.165, 1.54) is 89.0 Å². The van der Waals surface area contributed by atoms with Crippen LogP contribution in [0.25, 0.3) is 44.5 Å². The van der Waals surface area contributed by atoms with E-state index in [2.05, 4.69) is 194 Å². The van der Waals surface area contributed by atoms with Crippen LogP contribution in [0.4, 0.5) is 0 Å². The first-order valence-electron chi connectivity index (χ1n) is 20.7. The van der Waals surface area contributed by atoms with E-state index in [9.17, 15) is 0 Å². The SMILES string of the molecule is c1cc2cc(c1)CSCc1ccc(cc1)-c1cccc(c1)-c1ccc(cc1)CSCc1cccc(c1)CSCc1ccc(cc1)-c1cccc(c1)-c1ccc(cc1)CSC2. The van der Waals surface area contributed by atoms with E-state index in [4.69, 9.17) is 0 Å². The van der Waals surface area contributed by atoms with Gasteiger partial charge in [-0.1, -0.05) is 182 Å². The fourth-order valence-corrected chi connectivity index (χ4v) is 11.5. The second-order valence-electron chi connectivity index (χ2n) is 15.6. The smallest absolute Gasteiger partial charge is 0.0188 e. The molecule has 0 saturated carbocycles. The molecule has 16 bridgehead atoms. The quantitative estimate of drug-likeness (QED) is 0.149. The van der Waals surface area contributed by atoms with Gasteiger partial charge in [0.15, 0.2) is 0 Å². The molecular weight excluding hydrogens is 801 g/mol. The van der Waals surface area contributed by atoms with Crippen molar-refractivity contribution >= 4 is 47.0 Å². The summed E-state index contributed by atoms with van der Waals surface area (Å²) in [4.78, 5) is 0. The van der Waals surface area contributed by atoms with Crippen molar-refractivity contribution in [2.75, 3.05) is 0 Å².